The molecule has 2 aromatic rings. The molecule has 2 aromatic heterocycles. The number of nitrogens with zero attached hydrogens (tertiary/aromatic N) is 1. The van der Waals surface area contributed by atoms with Crippen molar-refractivity contribution in [2.75, 3.05) is 13.7 Å². The summed E-state index contributed by atoms with van der Waals surface area (Å²) in [6.45, 7) is 0.545. The predicted molar refractivity (Wildman–Crippen MR) is 98.5 cm³/mol. The average Bonchev–Trinajstić information content (AvgIpc) is 2.97. The number of methoxy groups -OCH3 is 1. The molecule has 0 saturated heterocycles. The monoisotopic (exact) mass is 383 g/mol. The number of ketones is 1. The fraction of sp³-hybridized carbons (Fsp3) is 0.550. The first-order valence-electron chi connectivity index (χ1n) is 9.10. The van der Waals surface area contributed by atoms with E-state index >= 15 is 0 Å². The quantitative estimate of drug-likeness (QED) is 0.585. The van der Waals surface area contributed by atoms with Crippen molar-refractivity contribution in [2.24, 2.45) is 5.92 Å². The number of alkyl halides is 2. The molecular formula is C20H24ClF2NO2. The van der Waals surface area contributed by atoms with E-state index in [4.69, 9.17) is 16.3 Å². The highest BCUT2D eigenvalue weighted by molar-refractivity contribution is 6.35. The van der Waals surface area contributed by atoms with Crippen LogP contribution in [0.4, 0.5) is 8.78 Å². The van der Waals surface area contributed by atoms with Crippen LogP contribution in [0, 0.1) is 5.92 Å². The molecule has 0 aromatic carbocycles. The van der Waals surface area contributed by atoms with Crippen molar-refractivity contribution in [1.82, 2.24) is 4.40 Å². The number of rotatable bonds is 7. The number of carbonyl (C=O) groups excluding carboxylic acids is 1. The summed E-state index contributed by atoms with van der Waals surface area (Å²) in [5, 5.41) is 0.517. The SMILES string of the molecule is COCCc1cc(C(=O)CCC2CCCC(F)(F)C2)c2c(Cl)cccn12. The van der Waals surface area contributed by atoms with Gasteiger partial charge in [-0.1, -0.05) is 18.0 Å². The van der Waals surface area contributed by atoms with Gasteiger partial charge in [-0.15, -0.1) is 0 Å². The van der Waals surface area contributed by atoms with E-state index in [2.05, 4.69) is 0 Å². The van der Waals surface area contributed by atoms with Crippen LogP contribution in [0.25, 0.3) is 5.52 Å². The van der Waals surface area contributed by atoms with E-state index in [-0.39, 0.29) is 31.0 Å². The molecule has 0 radical (unpaired) electrons. The molecular weight excluding hydrogens is 360 g/mol. The van der Waals surface area contributed by atoms with Crippen molar-refractivity contribution in [3.63, 3.8) is 0 Å². The van der Waals surface area contributed by atoms with Crippen LogP contribution < -0.4 is 0 Å². The number of aromatic nitrogens is 1. The van der Waals surface area contributed by atoms with E-state index in [9.17, 15) is 13.6 Å². The summed E-state index contributed by atoms with van der Waals surface area (Å²) in [6.07, 6.45) is 4.51. The Morgan fingerprint density at radius 1 is 1.46 bits per heavy atom. The summed E-state index contributed by atoms with van der Waals surface area (Å²) in [7, 11) is 1.63. The molecule has 1 fully saturated rings. The maximum Gasteiger partial charge on any atom is 0.248 e. The van der Waals surface area contributed by atoms with E-state index in [0.717, 1.165) is 12.1 Å². The van der Waals surface area contributed by atoms with Gasteiger partial charge in [0.2, 0.25) is 5.92 Å². The first kappa shape index (κ1) is 19.3. The molecule has 1 unspecified atom stereocenters. The lowest BCUT2D eigenvalue weighted by molar-refractivity contribution is -0.0535. The van der Waals surface area contributed by atoms with Crippen LogP contribution in [-0.4, -0.2) is 29.8 Å². The zero-order chi connectivity index (χ0) is 18.7. The topological polar surface area (TPSA) is 30.7 Å². The number of hydrogen-bond donors (Lipinski definition) is 0. The Balaban J connectivity index is 1.77. The molecule has 1 aliphatic rings. The molecule has 2 heterocycles. The van der Waals surface area contributed by atoms with Crippen molar-refractivity contribution in [2.45, 2.75) is 50.9 Å². The second-order valence-electron chi connectivity index (χ2n) is 7.15. The summed E-state index contributed by atoms with van der Waals surface area (Å²) in [5.41, 5.74) is 2.22. The van der Waals surface area contributed by atoms with Crippen LogP contribution in [0.3, 0.4) is 0 Å². The number of carbonyl (C=O) groups is 1. The molecule has 3 nitrogen and oxygen atoms in total. The Hall–Kier alpha value is -1.46. The van der Waals surface area contributed by atoms with Gasteiger partial charge in [0.25, 0.3) is 0 Å². The molecule has 1 atom stereocenters. The van der Waals surface area contributed by atoms with Crippen LogP contribution in [0.1, 0.15) is 54.6 Å². The molecule has 0 N–H and O–H groups in total. The zero-order valence-electron chi connectivity index (χ0n) is 14.9. The van der Waals surface area contributed by atoms with Gasteiger partial charge in [-0.25, -0.2) is 8.78 Å². The lowest BCUT2D eigenvalue weighted by Gasteiger charge is -2.28. The minimum atomic E-state index is -2.58. The van der Waals surface area contributed by atoms with E-state index in [1.54, 1.807) is 13.2 Å². The number of pyridine rings is 1. The summed E-state index contributed by atoms with van der Waals surface area (Å²) < 4.78 is 34.2. The van der Waals surface area contributed by atoms with E-state index in [0.29, 0.717) is 42.0 Å². The summed E-state index contributed by atoms with van der Waals surface area (Å²) in [6, 6.07) is 5.46. The molecule has 0 spiro atoms. The predicted octanol–water partition coefficient (Wildman–Crippen LogP) is 5.57. The van der Waals surface area contributed by atoms with Gasteiger partial charge in [0.1, 0.15) is 0 Å². The summed E-state index contributed by atoms with van der Waals surface area (Å²) >= 11 is 6.34. The lowest BCUT2D eigenvalue weighted by Crippen LogP contribution is -2.26. The summed E-state index contributed by atoms with van der Waals surface area (Å²) in [4.78, 5) is 12.8. The van der Waals surface area contributed by atoms with E-state index in [1.165, 1.54) is 0 Å². The highest BCUT2D eigenvalue weighted by Crippen LogP contribution is 2.39. The van der Waals surface area contributed by atoms with Gasteiger partial charge in [0, 0.05) is 50.2 Å². The minimum absolute atomic E-state index is 0.0277. The minimum Gasteiger partial charge on any atom is -0.384 e. The first-order chi connectivity index (χ1) is 12.4. The van der Waals surface area contributed by atoms with Crippen molar-refractivity contribution in [3.05, 3.63) is 40.7 Å². The van der Waals surface area contributed by atoms with Crippen LogP contribution >= 0.6 is 11.6 Å². The Labute approximate surface area is 157 Å². The van der Waals surface area contributed by atoms with Gasteiger partial charge < -0.3 is 9.14 Å². The van der Waals surface area contributed by atoms with Gasteiger partial charge in [-0.05, 0) is 37.0 Å². The lowest BCUT2D eigenvalue weighted by atomic mass is 9.83. The second kappa shape index (κ2) is 8.05. The van der Waals surface area contributed by atoms with Crippen LogP contribution in [0.2, 0.25) is 5.02 Å². The molecule has 142 valence electrons. The third kappa shape index (κ3) is 4.26. The maximum atomic E-state index is 13.6. The molecule has 1 saturated carbocycles. The Bertz CT molecular complexity index is 787. The fourth-order valence-corrected chi connectivity index (χ4v) is 4.15. The molecule has 26 heavy (non-hydrogen) atoms. The number of Topliss-reactive ketones (excluding diaryl/α,β-unsaturated/α-hetero) is 1. The Kier molecular flexibility index (Phi) is 5.98. The van der Waals surface area contributed by atoms with E-state index < -0.39 is 5.92 Å². The molecule has 0 bridgehead atoms. The van der Waals surface area contributed by atoms with Crippen molar-refractivity contribution in [1.29, 1.82) is 0 Å². The van der Waals surface area contributed by atoms with Gasteiger partial charge in [-0.3, -0.25) is 4.79 Å². The molecule has 3 rings (SSSR count). The number of ether oxygens (including phenoxy) is 1. The average molecular weight is 384 g/mol. The maximum absolute atomic E-state index is 13.6. The Morgan fingerprint density at radius 3 is 3.00 bits per heavy atom. The first-order valence-corrected chi connectivity index (χ1v) is 9.47. The molecule has 0 amide bonds. The Morgan fingerprint density at radius 2 is 2.27 bits per heavy atom. The van der Waals surface area contributed by atoms with Crippen LogP contribution in [0.15, 0.2) is 24.4 Å². The number of fused-ring (bicyclic) bond motifs is 1. The largest absolute Gasteiger partial charge is 0.384 e. The highest BCUT2D eigenvalue weighted by Gasteiger charge is 2.36. The van der Waals surface area contributed by atoms with E-state index in [1.807, 2.05) is 22.7 Å². The van der Waals surface area contributed by atoms with Crippen molar-refractivity contribution < 1.29 is 18.3 Å². The third-order valence-corrected chi connectivity index (χ3v) is 5.51. The number of halogens is 3. The highest BCUT2D eigenvalue weighted by atomic mass is 35.5. The van der Waals surface area contributed by atoms with Crippen molar-refractivity contribution >= 4 is 22.9 Å². The second-order valence-corrected chi connectivity index (χ2v) is 7.55. The van der Waals surface area contributed by atoms with Crippen LogP contribution in [-0.2, 0) is 11.2 Å². The molecule has 6 heteroatoms. The van der Waals surface area contributed by atoms with Gasteiger partial charge in [-0.2, -0.15) is 0 Å². The van der Waals surface area contributed by atoms with Gasteiger partial charge in [0.15, 0.2) is 5.78 Å². The van der Waals surface area contributed by atoms with Crippen molar-refractivity contribution in [3.8, 4) is 0 Å². The molecule has 1 aliphatic carbocycles. The third-order valence-electron chi connectivity index (χ3n) is 5.20. The standard InChI is InChI=1S/C20H24ClF2NO2/c1-26-11-8-15-12-16(19-17(21)5-3-10-24(15)19)18(25)7-6-14-4-2-9-20(22,23)13-14/h3,5,10,12,14H,2,4,6-9,11,13H2,1H3. The smallest absolute Gasteiger partial charge is 0.248 e. The summed E-state index contributed by atoms with van der Waals surface area (Å²) in [5.74, 6) is -2.70. The van der Waals surface area contributed by atoms with Crippen LogP contribution in [0.5, 0.6) is 0 Å². The fourth-order valence-electron chi connectivity index (χ4n) is 3.89. The van der Waals surface area contributed by atoms with Gasteiger partial charge >= 0.3 is 0 Å². The van der Waals surface area contributed by atoms with Gasteiger partial charge in [0.05, 0.1) is 17.1 Å². The zero-order valence-corrected chi connectivity index (χ0v) is 15.7. The number of hydrogen-bond acceptors (Lipinski definition) is 2. The molecule has 0 aliphatic heterocycles. The normalized spacial score (nSPS) is 19.8.